The lowest BCUT2D eigenvalue weighted by atomic mass is 10.2. The van der Waals surface area contributed by atoms with Gasteiger partial charge in [-0.15, -0.1) is 0 Å². The summed E-state index contributed by atoms with van der Waals surface area (Å²) < 4.78 is 40.9. The van der Waals surface area contributed by atoms with E-state index in [0.717, 1.165) is 0 Å². The Kier molecular flexibility index (Phi) is 3.91. The second kappa shape index (κ2) is 5.30. The molecule has 0 unspecified atom stereocenters. The van der Waals surface area contributed by atoms with Crippen LogP contribution in [0.4, 0.5) is 10.1 Å². The average Bonchev–Trinajstić information content (AvgIpc) is 2.34. The van der Waals surface area contributed by atoms with Crippen LogP contribution in [-0.2, 0) is 10.0 Å². The van der Waals surface area contributed by atoms with Crippen molar-refractivity contribution in [2.24, 2.45) is 0 Å². The van der Waals surface area contributed by atoms with Gasteiger partial charge in [-0.05, 0) is 36.8 Å². The van der Waals surface area contributed by atoms with Crippen LogP contribution in [0.25, 0.3) is 0 Å². The van der Waals surface area contributed by atoms with Gasteiger partial charge >= 0.3 is 0 Å². The number of benzene rings is 2. The third kappa shape index (κ3) is 3.13. The Labute approximate surface area is 119 Å². The van der Waals surface area contributed by atoms with Crippen LogP contribution >= 0.6 is 15.9 Å². The van der Waals surface area contributed by atoms with Crippen LogP contribution in [0.1, 0.15) is 5.56 Å². The van der Waals surface area contributed by atoms with Crippen LogP contribution in [0, 0.1) is 12.7 Å². The fourth-order valence-corrected chi connectivity index (χ4v) is 3.32. The molecule has 2 rings (SSSR count). The summed E-state index contributed by atoms with van der Waals surface area (Å²) in [5.41, 5.74) is 0.501. The maximum atomic E-state index is 13.6. The van der Waals surface area contributed by atoms with Gasteiger partial charge in [0, 0.05) is 4.47 Å². The number of aryl methyl sites for hydroxylation is 1. The maximum absolute atomic E-state index is 13.6. The second-order valence-corrected chi connectivity index (χ2v) is 6.59. The van der Waals surface area contributed by atoms with Crippen LogP contribution in [0.2, 0.25) is 0 Å². The van der Waals surface area contributed by atoms with E-state index in [0.29, 0.717) is 10.0 Å². The van der Waals surface area contributed by atoms with Crippen molar-refractivity contribution in [3.8, 4) is 0 Å². The summed E-state index contributed by atoms with van der Waals surface area (Å²) in [4.78, 5) is 0.0736. The Hall–Kier alpha value is -1.40. The monoisotopic (exact) mass is 343 g/mol. The molecule has 2 aromatic rings. The number of anilines is 1. The Morgan fingerprint density at radius 1 is 1.16 bits per heavy atom. The van der Waals surface area contributed by atoms with E-state index in [1.807, 2.05) is 0 Å². The van der Waals surface area contributed by atoms with Crippen molar-refractivity contribution in [2.75, 3.05) is 4.72 Å². The van der Waals surface area contributed by atoms with Crippen molar-refractivity contribution in [3.63, 3.8) is 0 Å². The topological polar surface area (TPSA) is 46.2 Å². The van der Waals surface area contributed by atoms with Gasteiger partial charge < -0.3 is 0 Å². The predicted octanol–water partition coefficient (Wildman–Crippen LogP) is 3.70. The van der Waals surface area contributed by atoms with Gasteiger partial charge in [0.2, 0.25) is 0 Å². The normalized spacial score (nSPS) is 11.3. The van der Waals surface area contributed by atoms with E-state index in [9.17, 15) is 12.8 Å². The van der Waals surface area contributed by atoms with Gasteiger partial charge in [-0.2, -0.15) is 0 Å². The molecule has 0 aliphatic carbocycles. The lowest BCUT2D eigenvalue weighted by molar-refractivity contribution is 0.598. The van der Waals surface area contributed by atoms with Gasteiger partial charge in [0.05, 0.1) is 10.6 Å². The van der Waals surface area contributed by atoms with E-state index in [4.69, 9.17) is 0 Å². The lowest BCUT2D eigenvalue weighted by Crippen LogP contribution is -2.14. The predicted molar refractivity (Wildman–Crippen MR) is 76.1 cm³/mol. The van der Waals surface area contributed by atoms with Crippen molar-refractivity contribution in [3.05, 3.63) is 58.3 Å². The van der Waals surface area contributed by atoms with Gasteiger partial charge in [-0.1, -0.05) is 34.1 Å². The zero-order chi connectivity index (χ0) is 14.0. The highest BCUT2D eigenvalue weighted by molar-refractivity contribution is 9.10. The molecule has 0 aliphatic heterocycles. The summed E-state index contributed by atoms with van der Waals surface area (Å²) in [6.45, 7) is 1.64. The number of rotatable bonds is 3. The Bertz CT molecular complexity index is 696. The average molecular weight is 344 g/mol. The van der Waals surface area contributed by atoms with Crippen LogP contribution in [-0.4, -0.2) is 8.42 Å². The number of hydrogen-bond donors (Lipinski definition) is 1. The molecule has 3 nitrogen and oxygen atoms in total. The van der Waals surface area contributed by atoms with E-state index < -0.39 is 15.8 Å². The molecule has 0 bridgehead atoms. The zero-order valence-corrected chi connectivity index (χ0v) is 12.4. The van der Waals surface area contributed by atoms with E-state index in [1.54, 1.807) is 25.1 Å². The molecule has 0 aliphatic rings. The van der Waals surface area contributed by atoms with E-state index >= 15 is 0 Å². The third-order valence-electron chi connectivity index (χ3n) is 2.56. The first kappa shape index (κ1) is 14.0. The van der Waals surface area contributed by atoms with Crippen molar-refractivity contribution in [1.82, 2.24) is 0 Å². The third-order valence-corrected chi connectivity index (χ3v) is 4.41. The van der Waals surface area contributed by atoms with Gasteiger partial charge in [-0.3, -0.25) is 4.72 Å². The molecule has 100 valence electrons. The largest absolute Gasteiger partial charge is 0.276 e. The molecular weight excluding hydrogens is 333 g/mol. The molecule has 0 aromatic heterocycles. The number of sulfonamides is 1. The summed E-state index contributed by atoms with van der Waals surface area (Å²) in [7, 11) is -3.80. The summed E-state index contributed by atoms with van der Waals surface area (Å²) in [5, 5.41) is 0. The van der Waals surface area contributed by atoms with Crippen LogP contribution in [0.3, 0.4) is 0 Å². The first-order valence-corrected chi connectivity index (χ1v) is 7.71. The smallest absolute Gasteiger partial charge is 0.262 e. The molecular formula is C13H11BrFNO2S. The number of halogens is 2. The maximum Gasteiger partial charge on any atom is 0.262 e. The highest BCUT2D eigenvalue weighted by Crippen LogP contribution is 2.24. The minimum atomic E-state index is -3.80. The molecule has 0 fully saturated rings. The van der Waals surface area contributed by atoms with Crippen LogP contribution < -0.4 is 4.72 Å². The zero-order valence-electron chi connectivity index (χ0n) is 10.0. The molecule has 0 amide bonds. The summed E-state index contributed by atoms with van der Waals surface area (Å²) in [5.74, 6) is -0.599. The van der Waals surface area contributed by atoms with Crippen molar-refractivity contribution >= 4 is 31.6 Å². The van der Waals surface area contributed by atoms with Crippen molar-refractivity contribution in [2.45, 2.75) is 11.8 Å². The van der Waals surface area contributed by atoms with Crippen molar-refractivity contribution in [1.29, 1.82) is 0 Å². The van der Waals surface area contributed by atoms with Crippen molar-refractivity contribution < 1.29 is 12.8 Å². The Morgan fingerprint density at radius 2 is 1.84 bits per heavy atom. The molecule has 2 aromatic carbocycles. The number of nitrogens with one attached hydrogen (secondary N) is 1. The van der Waals surface area contributed by atoms with Crippen LogP contribution in [0.5, 0.6) is 0 Å². The summed E-state index contributed by atoms with van der Waals surface area (Å²) in [6.07, 6.45) is 0. The molecule has 1 N–H and O–H groups in total. The Balaban J connectivity index is 2.42. The van der Waals surface area contributed by atoms with Gasteiger partial charge in [0.25, 0.3) is 10.0 Å². The minimum absolute atomic E-state index is 0.0255. The number of para-hydroxylation sites is 1. The molecule has 19 heavy (non-hydrogen) atoms. The SMILES string of the molecule is Cc1cccc(F)c1NS(=O)(=O)c1cccc(Br)c1. The molecule has 0 atom stereocenters. The lowest BCUT2D eigenvalue weighted by Gasteiger charge is -2.11. The second-order valence-electron chi connectivity index (χ2n) is 3.99. The first-order chi connectivity index (χ1) is 8.90. The van der Waals surface area contributed by atoms with E-state index in [-0.39, 0.29) is 10.6 Å². The molecule has 0 radical (unpaired) electrons. The van der Waals surface area contributed by atoms with E-state index in [2.05, 4.69) is 20.7 Å². The minimum Gasteiger partial charge on any atom is -0.276 e. The molecule has 6 heteroatoms. The molecule has 0 spiro atoms. The van der Waals surface area contributed by atoms with E-state index in [1.165, 1.54) is 24.3 Å². The van der Waals surface area contributed by atoms with Crippen LogP contribution in [0.15, 0.2) is 51.8 Å². The molecule has 0 saturated carbocycles. The first-order valence-electron chi connectivity index (χ1n) is 5.43. The molecule has 0 heterocycles. The summed E-state index contributed by atoms with van der Waals surface area (Å²) >= 11 is 3.20. The van der Waals surface area contributed by atoms with Gasteiger partial charge in [-0.25, -0.2) is 12.8 Å². The highest BCUT2D eigenvalue weighted by Gasteiger charge is 2.17. The standard InChI is InChI=1S/C13H11BrFNO2S/c1-9-4-2-7-12(15)13(9)16-19(17,18)11-6-3-5-10(14)8-11/h2-8,16H,1H3. The highest BCUT2D eigenvalue weighted by atomic mass is 79.9. The fourth-order valence-electron chi connectivity index (χ4n) is 1.59. The van der Waals surface area contributed by atoms with Gasteiger partial charge in [0.1, 0.15) is 5.82 Å². The molecule has 0 saturated heterocycles. The Morgan fingerprint density at radius 3 is 2.47 bits per heavy atom. The fraction of sp³-hybridized carbons (Fsp3) is 0.0769. The van der Waals surface area contributed by atoms with Gasteiger partial charge in [0.15, 0.2) is 0 Å². The number of hydrogen-bond acceptors (Lipinski definition) is 2. The summed E-state index contributed by atoms with van der Waals surface area (Å²) in [6, 6.07) is 10.6. The quantitative estimate of drug-likeness (QED) is 0.923.